The van der Waals surface area contributed by atoms with E-state index in [0.29, 0.717) is 0 Å². The summed E-state index contributed by atoms with van der Waals surface area (Å²) in [6.45, 7) is 3.30. The summed E-state index contributed by atoms with van der Waals surface area (Å²) in [5, 5.41) is 2.60. The molecule has 0 saturated carbocycles. The molecule has 1 aliphatic heterocycles. The number of carbonyl (C=O) groups is 1. The zero-order valence-corrected chi connectivity index (χ0v) is 12.0. The minimum Gasteiger partial charge on any atom is -0.398 e. The number of halogens is 1. The Morgan fingerprint density at radius 3 is 2.70 bits per heavy atom. The van der Waals surface area contributed by atoms with E-state index >= 15 is 0 Å². The second-order valence-corrected chi connectivity index (χ2v) is 6.90. The maximum Gasteiger partial charge on any atom is 0.246 e. The van der Waals surface area contributed by atoms with Crippen LogP contribution in [0.5, 0.6) is 0 Å². The molecule has 1 aromatic rings. The fourth-order valence-corrected chi connectivity index (χ4v) is 4.03. The highest BCUT2D eigenvalue weighted by Gasteiger charge is 2.45. The number of nitrogens with one attached hydrogen (secondary N) is 1. The van der Waals surface area contributed by atoms with E-state index in [0.717, 1.165) is 16.4 Å². The first-order valence-corrected chi connectivity index (χ1v) is 7.47. The van der Waals surface area contributed by atoms with Crippen LogP contribution in [0, 0.1) is 5.82 Å². The minimum absolute atomic E-state index is 0.0480. The number of carbonyl (C=O) groups excluding carboxylic acids is 1. The van der Waals surface area contributed by atoms with Crippen molar-refractivity contribution in [1.82, 2.24) is 9.62 Å². The molecule has 20 heavy (non-hydrogen) atoms. The van der Waals surface area contributed by atoms with Crippen LogP contribution >= 0.6 is 0 Å². The molecule has 6 nitrogen and oxygen atoms in total. The normalized spacial score (nSPS) is 19.6. The summed E-state index contributed by atoms with van der Waals surface area (Å²) in [6, 6.07) is 3.15. The Hall–Kier alpha value is -1.67. The molecular weight excluding hydrogens is 285 g/mol. The predicted octanol–water partition coefficient (Wildman–Crippen LogP) is 0.307. The van der Waals surface area contributed by atoms with Gasteiger partial charge in [0.15, 0.2) is 0 Å². The molecule has 0 bridgehead atoms. The van der Waals surface area contributed by atoms with E-state index in [2.05, 4.69) is 5.32 Å². The molecule has 1 aliphatic rings. The Balaban J connectivity index is 2.55. The molecule has 1 amide bonds. The molecule has 0 atom stereocenters. The number of anilines is 1. The van der Waals surface area contributed by atoms with Gasteiger partial charge in [-0.3, -0.25) is 4.79 Å². The second-order valence-electron chi connectivity index (χ2n) is 5.07. The monoisotopic (exact) mass is 301 g/mol. The van der Waals surface area contributed by atoms with E-state index in [1.807, 2.05) is 0 Å². The van der Waals surface area contributed by atoms with Crippen molar-refractivity contribution < 1.29 is 17.6 Å². The average Bonchev–Trinajstić information content (AvgIpc) is 2.35. The maximum absolute atomic E-state index is 13.3. The lowest BCUT2D eigenvalue weighted by atomic mass is 10.0. The minimum atomic E-state index is -4.05. The van der Waals surface area contributed by atoms with E-state index < -0.39 is 27.3 Å². The van der Waals surface area contributed by atoms with Crippen molar-refractivity contribution in [2.24, 2.45) is 0 Å². The van der Waals surface area contributed by atoms with Crippen LogP contribution in [0.2, 0.25) is 0 Å². The molecule has 110 valence electrons. The Bertz CT molecular complexity index is 658. The third-order valence-corrected chi connectivity index (χ3v) is 5.45. The van der Waals surface area contributed by atoms with Crippen molar-refractivity contribution in [2.45, 2.75) is 24.3 Å². The number of amides is 1. The molecule has 2 rings (SSSR count). The smallest absolute Gasteiger partial charge is 0.246 e. The number of rotatable bonds is 2. The van der Waals surface area contributed by atoms with Gasteiger partial charge in [0.1, 0.15) is 16.3 Å². The summed E-state index contributed by atoms with van der Waals surface area (Å²) in [6.07, 6.45) is 0. The SMILES string of the molecule is CC1(C)C(=O)NCCN1S(=O)(=O)c1cc(F)ccc1N. The molecule has 3 N–H and O–H groups in total. The van der Waals surface area contributed by atoms with Crippen molar-refractivity contribution in [1.29, 1.82) is 0 Å². The van der Waals surface area contributed by atoms with Crippen LogP contribution in [-0.4, -0.2) is 37.3 Å². The van der Waals surface area contributed by atoms with E-state index in [4.69, 9.17) is 5.73 Å². The van der Waals surface area contributed by atoms with Gasteiger partial charge in [0.25, 0.3) is 0 Å². The highest BCUT2D eigenvalue weighted by atomic mass is 32.2. The number of nitrogens with zero attached hydrogens (tertiary/aromatic N) is 1. The molecule has 1 saturated heterocycles. The lowest BCUT2D eigenvalue weighted by molar-refractivity contribution is -0.131. The average molecular weight is 301 g/mol. The molecule has 8 heteroatoms. The van der Waals surface area contributed by atoms with Crippen molar-refractivity contribution in [2.75, 3.05) is 18.8 Å². The van der Waals surface area contributed by atoms with Gasteiger partial charge >= 0.3 is 0 Å². The number of piperazine rings is 1. The summed E-state index contributed by atoms with van der Waals surface area (Å²) >= 11 is 0. The van der Waals surface area contributed by atoms with Crippen LogP contribution in [0.15, 0.2) is 23.1 Å². The van der Waals surface area contributed by atoms with Crippen LogP contribution in [-0.2, 0) is 14.8 Å². The molecule has 0 unspecified atom stereocenters. The van der Waals surface area contributed by atoms with Crippen LogP contribution in [0.25, 0.3) is 0 Å². The lowest BCUT2D eigenvalue weighted by Gasteiger charge is -2.40. The molecule has 1 heterocycles. The van der Waals surface area contributed by atoms with Crippen molar-refractivity contribution in [3.63, 3.8) is 0 Å². The van der Waals surface area contributed by atoms with Gasteiger partial charge in [-0.2, -0.15) is 4.31 Å². The van der Waals surface area contributed by atoms with E-state index in [1.54, 1.807) is 0 Å². The fraction of sp³-hybridized carbons (Fsp3) is 0.417. The van der Waals surface area contributed by atoms with E-state index in [1.165, 1.54) is 19.9 Å². The molecule has 0 aliphatic carbocycles. The standard InChI is InChI=1S/C12H16FN3O3S/c1-12(2)11(17)15-5-6-16(12)20(18,19)10-7-8(13)3-4-9(10)14/h3-4,7H,5-6,14H2,1-2H3,(H,15,17). The molecule has 1 fully saturated rings. The molecule has 0 aromatic heterocycles. The van der Waals surface area contributed by atoms with Gasteiger partial charge in [0.05, 0.1) is 5.69 Å². The Kier molecular flexibility index (Phi) is 3.47. The largest absolute Gasteiger partial charge is 0.398 e. The lowest BCUT2D eigenvalue weighted by Crippen LogP contribution is -2.63. The first-order valence-electron chi connectivity index (χ1n) is 6.03. The first kappa shape index (κ1) is 14.7. The Morgan fingerprint density at radius 1 is 1.40 bits per heavy atom. The zero-order valence-electron chi connectivity index (χ0n) is 11.2. The summed E-state index contributed by atoms with van der Waals surface area (Å²) in [4.78, 5) is 11.5. The van der Waals surface area contributed by atoms with Gasteiger partial charge in [0, 0.05) is 13.1 Å². The van der Waals surface area contributed by atoms with Crippen molar-refractivity contribution >= 4 is 21.6 Å². The van der Waals surface area contributed by atoms with Gasteiger partial charge in [-0.25, -0.2) is 12.8 Å². The molecule has 1 aromatic carbocycles. The highest BCUT2D eigenvalue weighted by Crippen LogP contribution is 2.29. The second kappa shape index (κ2) is 4.71. The van der Waals surface area contributed by atoms with Gasteiger partial charge in [0.2, 0.25) is 15.9 Å². The number of nitrogen functional groups attached to an aromatic ring is 1. The van der Waals surface area contributed by atoms with Gasteiger partial charge < -0.3 is 11.1 Å². The maximum atomic E-state index is 13.3. The van der Waals surface area contributed by atoms with Gasteiger partial charge in [-0.15, -0.1) is 0 Å². The highest BCUT2D eigenvalue weighted by molar-refractivity contribution is 7.89. The van der Waals surface area contributed by atoms with Crippen molar-refractivity contribution in [3.8, 4) is 0 Å². The summed E-state index contributed by atoms with van der Waals surface area (Å²) < 4.78 is 39.6. The zero-order chi connectivity index (χ0) is 15.1. The number of hydrogen-bond donors (Lipinski definition) is 2. The van der Waals surface area contributed by atoms with E-state index in [-0.39, 0.29) is 23.7 Å². The molecule has 0 spiro atoms. The van der Waals surface area contributed by atoms with Crippen molar-refractivity contribution in [3.05, 3.63) is 24.0 Å². The van der Waals surface area contributed by atoms with Crippen LogP contribution in [0.3, 0.4) is 0 Å². The van der Waals surface area contributed by atoms with Crippen LogP contribution < -0.4 is 11.1 Å². The van der Waals surface area contributed by atoms with Crippen LogP contribution in [0.1, 0.15) is 13.8 Å². The quantitative estimate of drug-likeness (QED) is 0.769. The Labute approximate surface area is 116 Å². The van der Waals surface area contributed by atoms with Crippen LogP contribution in [0.4, 0.5) is 10.1 Å². The summed E-state index contributed by atoms with van der Waals surface area (Å²) in [5.74, 6) is -1.10. The third kappa shape index (κ3) is 2.25. The summed E-state index contributed by atoms with van der Waals surface area (Å²) in [7, 11) is -4.05. The predicted molar refractivity (Wildman–Crippen MR) is 71.8 cm³/mol. The number of hydrogen-bond acceptors (Lipinski definition) is 4. The first-order chi connectivity index (χ1) is 9.17. The number of benzene rings is 1. The molecule has 0 radical (unpaired) electrons. The Morgan fingerprint density at radius 2 is 2.05 bits per heavy atom. The van der Waals surface area contributed by atoms with Gasteiger partial charge in [-0.05, 0) is 32.0 Å². The third-order valence-electron chi connectivity index (χ3n) is 3.32. The number of sulfonamides is 1. The topological polar surface area (TPSA) is 92.5 Å². The number of nitrogens with two attached hydrogens (primary N) is 1. The fourth-order valence-electron chi connectivity index (χ4n) is 2.15. The van der Waals surface area contributed by atoms with Gasteiger partial charge in [-0.1, -0.05) is 0 Å². The molecular formula is C12H16FN3O3S. The van der Waals surface area contributed by atoms with E-state index in [9.17, 15) is 17.6 Å². The summed E-state index contributed by atoms with van der Waals surface area (Å²) in [5.41, 5.74) is 4.33.